The Morgan fingerprint density at radius 2 is 1.94 bits per heavy atom. The number of rotatable bonds is 9. The molecule has 4 aromatic rings. The average Bonchev–Trinajstić information content (AvgIpc) is 3.70. The van der Waals surface area contributed by atoms with Crippen LogP contribution in [0, 0.1) is 5.92 Å². The van der Waals surface area contributed by atoms with Crippen molar-refractivity contribution in [2.24, 2.45) is 11.7 Å². The number of fused-ring (bicyclic) bond motifs is 1. The SMILES string of the molecule is COc1cc(-c2ccc3ncc(CC4CC4)c(Nc4ccc(OCCN)nc4)c3c2)cc(Cl)c1O. The lowest BCUT2D eigenvalue weighted by atomic mass is 9.99. The fourth-order valence-electron chi connectivity index (χ4n) is 4.09. The van der Waals surface area contributed by atoms with E-state index in [2.05, 4.69) is 16.4 Å². The highest BCUT2D eigenvalue weighted by atomic mass is 35.5. The van der Waals surface area contributed by atoms with Crippen LogP contribution in [0.25, 0.3) is 22.0 Å². The Bertz CT molecular complexity index is 1360. The van der Waals surface area contributed by atoms with Gasteiger partial charge in [-0.15, -0.1) is 0 Å². The van der Waals surface area contributed by atoms with Crippen molar-refractivity contribution in [3.05, 3.63) is 65.4 Å². The standard InChI is InChI=1S/C27H27ClN4O3/c1-34-24-13-18(12-22(28)27(24)33)17-4-6-23-21(11-17)26(19(14-30-23)10-16-2-3-16)32-20-5-7-25(31-15-20)35-9-8-29/h4-7,11-16,33H,2-3,8-10,29H2,1H3,(H,30,32). The van der Waals surface area contributed by atoms with Crippen LogP contribution in [0.3, 0.4) is 0 Å². The van der Waals surface area contributed by atoms with Crippen molar-refractivity contribution in [3.63, 3.8) is 0 Å². The molecule has 0 bridgehead atoms. The number of phenols is 1. The number of aromatic nitrogens is 2. The molecule has 180 valence electrons. The largest absolute Gasteiger partial charge is 0.503 e. The molecule has 2 aromatic heterocycles. The fourth-order valence-corrected chi connectivity index (χ4v) is 4.30. The van der Waals surface area contributed by atoms with Gasteiger partial charge in [0.2, 0.25) is 5.88 Å². The maximum absolute atomic E-state index is 10.1. The van der Waals surface area contributed by atoms with Crippen LogP contribution in [0.4, 0.5) is 11.4 Å². The monoisotopic (exact) mass is 490 g/mol. The third kappa shape index (κ3) is 5.11. The van der Waals surface area contributed by atoms with E-state index in [1.54, 1.807) is 18.3 Å². The van der Waals surface area contributed by atoms with E-state index < -0.39 is 0 Å². The number of nitrogens with one attached hydrogen (secondary N) is 1. The number of benzene rings is 2. The maximum Gasteiger partial charge on any atom is 0.213 e. The summed E-state index contributed by atoms with van der Waals surface area (Å²) in [5.41, 5.74) is 11.2. The highest BCUT2D eigenvalue weighted by molar-refractivity contribution is 6.32. The van der Waals surface area contributed by atoms with E-state index in [1.807, 2.05) is 30.5 Å². The van der Waals surface area contributed by atoms with Crippen molar-refractivity contribution < 1.29 is 14.6 Å². The highest BCUT2D eigenvalue weighted by Crippen LogP contribution is 2.41. The molecule has 0 radical (unpaired) electrons. The van der Waals surface area contributed by atoms with Gasteiger partial charge in [0.25, 0.3) is 0 Å². The van der Waals surface area contributed by atoms with Crippen molar-refractivity contribution in [1.29, 1.82) is 0 Å². The number of pyridine rings is 2. The zero-order chi connectivity index (χ0) is 24.4. The number of methoxy groups -OCH3 is 1. The molecule has 1 saturated carbocycles. The van der Waals surface area contributed by atoms with Crippen molar-refractivity contribution in [1.82, 2.24) is 9.97 Å². The van der Waals surface area contributed by atoms with Gasteiger partial charge in [-0.3, -0.25) is 4.98 Å². The van der Waals surface area contributed by atoms with E-state index >= 15 is 0 Å². The summed E-state index contributed by atoms with van der Waals surface area (Å²) < 4.78 is 10.8. The van der Waals surface area contributed by atoms with Crippen molar-refractivity contribution in [3.8, 4) is 28.5 Å². The van der Waals surface area contributed by atoms with E-state index in [0.29, 0.717) is 30.7 Å². The topological polar surface area (TPSA) is 103 Å². The number of nitrogens with zero attached hydrogens (tertiary/aromatic N) is 2. The second-order valence-electron chi connectivity index (χ2n) is 8.69. The van der Waals surface area contributed by atoms with Gasteiger partial charge in [-0.05, 0) is 72.2 Å². The minimum absolute atomic E-state index is 0.0687. The summed E-state index contributed by atoms with van der Waals surface area (Å²) in [5.74, 6) is 1.50. The van der Waals surface area contributed by atoms with Crippen LogP contribution in [-0.2, 0) is 6.42 Å². The van der Waals surface area contributed by atoms with Gasteiger partial charge in [0.15, 0.2) is 11.5 Å². The zero-order valence-electron chi connectivity index (χ0n) is 19.4. The summed E-state index contributed by atoms with van der Waals surface area (Å²) in [7, 11) is 1.51. The molecule has 1 fully saturated rings. The average molecular weight is 491 g/mol. The smallest absolute Gasteiger partial charge is 0.213 e. The molecule has 2 aromatic carbocycles. The molecule has 4 N–H and O–H groups in total. The zero-order valence-corrected chi connectivity index (χ0v) is 20.2. The lowest BCUT2D eigenvalue weighted by molar-refractivity contribution is 0.316. The predicted octanol–water partition coefficient (Wildman–Crippen LogP) is 5.70. The van der Waals surface area contributed by atoms with Gasteiger partial charge in [-0.25, -0.2) is 4.98 Å². The molecule has 0 unspecified atom stereocenters. The third-order valence-corrected chi connectivity index (χ3v) is 6.40. The summed E-state index contributed by atoms with van der Waals surface area (Å²) in [5, 5.41) is 15.0. The first-order valence-corrected chi connectivity index (χ1v) is 12.0. The molecule has 35 heavy (non-hydrogen) atoms. The van der Waals surface area contributed by atoms with Gasteiger partial charge in [0.05, 0.1) is 35.2 Å². The van der Waals surface area contributed by atoms with E-state index in [-0.39, 0.29) is 10.8 Å². The number of hydrogen-bond acceptors (Lipinski definition) is 7. The van der Waals surface area contributed by atoms with Crippen LogP contribution in [0.2, 0.25) is 5.02 Å². The van der Waals surface area contributed by atoms with Gasteiger partial charge in [-0.2, -0.15) is 0 Å². The molecule has 0 saturated heterocycles. The summed E-state index contributed by atoms with van der Waals surface area (Å²) in [6.07, 6.45) is 7.19. The van der Waals surface area contributed by atoms with E-state index in [4.69, 9.17) is 31.8 Å². The Labute approximate surface area is 208 Å². The fraction of sp³-hybridized carbons (Fsp3) is 0.259. The van der Waals surface area contributed by atoms with Crippen LogP contribution < -0.4 is 20.5 Å². The molecule has 0 aliphatic heterocycles. The first kappa shape index (κ1) is 23.2. The highest BCUT2D eigenvalue weighted by Gasteiger charge is 2.24. The van der Waals surface area contributed by atoms with Crippen molar-refractivity contribution >= 4 is 33.9 Å². The predicted molar refractivity (Wildman–Crippen MR) is 139 cm³/mol. The number of ether oxygens (including phenoxy) is 2. The van der Waals surface area contributed by atoms with Crippen molar-refractivity contribution in [2.75, 3.05) is 25.6 Å². The maximum atomic E-state index is 10.1. The molecule has 0 spiro atoms. The van der Waals surface area contributed by atoms with Crippen LogP contribution in [0.5, 0.6) is 17.4 Å². The molecule has 7 nitrogen and oxygen atoms in total. The Hall–Kier alpha value is -3.55. The Morgan fingerprint density at radius 3 is 2.66 bits per heavy atom. The minimum atomic E-state index is -0.0687. The van der Waals surface area contributed by atoms with Crippen LogP contribution in [0.15, 0.2) is 54.9 Å². The van der Waals surface area contributed by atoms with E-state index in [9.17, 15) is 5.11 Å². The van der Waals surface area contributed by atoms with E-state index in [1.165, 1.54) is 25.5 Å². The summed E-state index contributed by atoms with van der Waals surface area (Å²) >= 11 is 6.26. The van der Waals surface area contributed by atoms with Crippen molar-refractivity contribution in [2.45, 2.75) is 19.3 Å². The lowest BCUT2D eigenvalue weighted by Crippen LogP contribution is -2.11. The molecule has 0 amide bonds. The second-order valence-corrected chi connectivity index (χ2v) is 9.10. The van der Waals surface area contributed by atoms with Crippen LogP contribution >= 0.6 is 11.6 Å². The van der Waals surface area contributed by atoms with Gasteiger partial charge >= 0.3 is 0 Å². The molecular weight excluding hydrogens is 464 g/mol. The number of anilines is 2. The Morgan fingerprint density at radius 1 is 1.09 bits per heavy atom. The van der Waals surface area contributed by atoms with Gasteiger partial charge in [0.1, 0.15) is 6.61 Å². The summed E-state index contributed by atoms with van der Waals surface area (Å²) in [6, 6.07) is 13.4. The first-order chi connectivity index (χ1) is 17.1. The first-order valence-electron chi connectivity index (χ1n) is 11.6. The molecule has 5 rings (SSSR count). The number of aromatic hydroxyl groups is 1. The summed E-state index contributed by atoms with van der Waals surface area (Å²) in [6.45, 7) is 0.866. The molecule has 0 atom stereocenters. The minimum Gasteiger partial charge on any atom is -0.503 e. The van der Waals surface area contributed by atoms with Crippen LogP contribution in [0.1, 0.15) is 18.4 Å². The molecule has 8 heteroatoms. The molecule has 1 aliphatic carbocycles. The normalized spacial score (nSPS) is 13.1. The molecular formula is C27H27ClN4O3. The summed E-state index contributed by atoms with van der Waals surface area (Å²) in [4.78, 5) is 9.12. The quantitative estimate of drug-likeness (QED) is 0.276. The number of phenolic OH excluding ortho intramolecular Hbond substituents is 1. The number of hydrogen-bond donors (Lipinski definition) is 3. The van der Waals surface area contributed by atoms with E-state index in [0.717, 1.165) is 39.8 Å². The van der Waals surface area contributed by atoms with Gasteiger partial charge < -0.3 is 25.6 Å². The third-order valence-electron chi connectivity index (χ3n) is 6.11. The number of nitrogens with two attached hydrogens (primary N) is 1. The van der Waals surface area contributed by atoms with Gasteiger partial charge in [0, 0.05) is 24.2 Å². The second kappa shape index (κ2) is 9.98. The lowest BCUT2D eigenvalue weighted by Gasteiger charge is -2.16. The van der Waals surface area contributed by atoms with Crippen LogP contribution in [-0.4, -0.2) is 35.3 Å². The molecule has 2 heterocycles. The Kier molecular flexibility index (Phi) is 6.61. The number of halogens is 1. The Balaban J connectivity index is 1.57. The molecule has 1 aliphatic rings. The van der Waals surface area contributed by atoms with Gasteiger partial charge in [-0.1, -0.05) is 17.7 Å².